The van der Waals surface area contributed by atoms with E-state index in [1.807, 2.05) is 12.1 Å². The van der Waals surface area contributed by atoms with Gasteiger partial charge in [0.15, 0.2) is 0 Å². The molecule has 24 heavy (non-hydrogen) atoms. The molecular formula is C19H19FN2O2. The zero-order valence-corrected chi connectivity index (χ0v) is 13.4. The molecule has 2 aromatic rings. The Balaban J connectivity index is 1.82. The predicted molar refractivity (Wildman–Crippen MR) is 92.0 cm³/mol. The van der Waals surface area contributed by atoms with Crippen molar-refractivity contribution in [3.63, 3.8) is 0 Å². The van der Waals surface area contributed by atoms with Crippen LogP contribution in [0.3, 0.4) is 0 Å². The maximum Gasteiger partial charge on any atom is 0.251 e. The van der Waals surface area contributed by atoms with Crippen molar-refractivity contribution in [2.24, 2.45) is 0 Å². The second-order valence-corrected chi connectivity index (χ2v) is 5.21. The van der Waals surface area contributed by atoms with Crippen LogP contribution >= 0.6 is 0 Å². The van der Waals surface area contributed by atoms with E-state index in [0.717, 1.165) is 11.1 Å². The summed E-state index contributed by atoms with van der Waals surface area (Å²) >= 11 is 0. The summed E-state index contributed by atoms with van der Waals surface area (Å²) in [6.45, 7) is 0.462. The Morgan fingerprint density at radius 3 is 2.58 bits per heavy atom. The molecule has 0 unspecified atom stereocenters. The number of hydrogen-bond acceptors (Lipinski definition) is 2. The number of carbonyl (C=O) groups excluding carboxylic acids is 2. The van der Waals surface area contributed by atoms with Crippen LogP contribution in [0.4, 0.5) is 4.39 Å². The molecule has 0 fully saturated rings. The van der Waals surface area contributed by atoms with Gasteiger partial charge >= 0.3 is 0 Å². The van der Waals surface area contributed by atoms with Crippen molar-refractivity contribution in [2.75, 3.05) is 13.6 Å². The predicted octanol–water partition coefficient (Wildman–Crippen LogP) is 2.56. The molecule has 2 N–H and O–H groups in total. The molecule has 5 heteroatoms. The Hall–Kier alpha value is -2.95. The molecule has 0 aliphatic heterocycles. The molecular weight excluding hydrogens is 307 g/mol. The minimum absolute atomic E-state index is 0.136. The van der Waals surface area contributed by atoms with Gasteiger partial charge in [-0.1, -0.05) is 24.3 Å². The maximum absolute atomic E-state index is 12.8. The van der Waals surface area contributed by atoms with Crippen LogP contribution in [0, 0.1) is 5.82 Å². The van der Waals surface area contributed by atoms with Crippen LogP contribution in [0.5, 0.6) is 0 Å². The normalized spacial score (nSPS) is 10.6. The first-order valence-corrected chi connectivity index (χ1v) is 7.61. The fraction of sp³-hybridized carbons (Fsp3) is 0.158. The van der Waals surface area contributed by atoms with Crippen molar-refractivity contribution in [3.8, 4) is 0 Å². The second kappa shape index (κ2) is 8.62. The van der Waals surface area contributed by atoms with Gasteiger partial charge in [0.2, 0.25) is 5.91 Å². The summed E-state index contributed by atoms with van der Waals surface area (Å²) in [4.78, 5) is 23.3. The molecule has 0 aromatic heterocycles. The fourth-order valence-corrected chi connectivity index (χ4v) is 2.15. The lowest BCUT2D eigenvalue weighted by atomic mass is 10.1. The highest BCUT2D eigenvalue weighted by molar-refractivity contribution is 5.94. The number of rotatable bonds is 6. The van der Waals surface area contributed by atoms with E-state index in [0.29, 0.717) is 18.5 Å². The van der Waals surface area contributed by atoms with E-state index in [1.165, 1.54) is 18.2 Å². The van der Waals surface area contributed by atoms with E-state index in [2.05, 4.69) is 10.6 Å². The summed E-state index contributed by atoms with van der Waals surface area (Å²) in [6.07, 6.45) is 3.66. The largest absolute Gasteiger partial charge is 0.355 e. The summed E-state index contributed by atoms with van der Waals surface area (Å²) in [5.41, 5.74) is 2.32. The molecule has 0 spiro atoms. The van der Waals surface area contributed by atoms with Crippen LogP contribution in [0.25, 0.3) is 6.08 Å². The Kier molecular flexibility index (Phi) is 6.25. The van der Waals surface area contributed by atoms with Gasteiger partial charge in [-0.25, -0.2) is 4.39 Å². The minimum atomic E-state index is -0.310. The van der Waals surface area contributed by atoms with Gasteiger partial charge in [-0.05, 0) is 47.9 Å². The highest BCUT2D eigenvalue weighted by Crippen LogP contribution is 2.06. The van der Waals surface area contributed by atoms with Crippen molar-refractivity contribution >= 4 is 17.9 Å². The van der Waals surface area contributed by atoms with Crippen LogP contribution in [0.15, 0.2) is 54.6 Å². The third-order valence-electron chi connectivity index (χ3n) is 3.43. The first-order chi connectivity index (χ1) is 11.6. The van der Waals surface area contributed by atoms with Gasteiger partial charge < -0.3 is 10.6 Å². The Labute approximate surface area is 140 Å². The molecule has 124 valence electrons. The van der Waals surface area contributed by atoms with Crippen LogP contribution in [0.2, 0.25) is 0 Å². The minimum Gasteiger partial charge on any atom is -0.355 e. The third kappa shape index (κ3) is 5.35. The van der Waals surface area contributed by atoms with Gasteiger partial charge in [-0.2, -0.15) is 0 Å². The zero-order chi connectivity index (χ0) is 17.4. The van der Waals surface area contributed by atoms with E-state index in [1.54, 1.807) is 37.4 Å². The van der Waals surface area contributed by atoms with Gasteiger partial charge in [0.25, 0.3) is 5.91 Å². The zero-order valence-electron chi connectivity index (χ0n) is 13.4. The van der Waals surface area contributed by atoms with Crippen molar-refractivity contribution in [2.45, 2.75) is 6.42 Å². The van der Waals surface area contributed by atoms with E-state index in [9.17, 15) is 14.0 Å². The van der Waals surface area contributed by atoms with Crippen molar-refractivity contribution in [1.29, 1.82) is 0 Å². The molecule has 2 amide bonds. The second-order valence-electron chi connectivity index (χ2n) is 5.21. The first kappa shape index (κ1) is 17.4. The average molecular weight is 326 g/mol. The van der Waals surface area contributed by atoms with E-state index >= 15 is 0 Å². The number of hydrogen-bond donors (Lipinski definition) is 2. The molecule has 0 radical (unpaired) electrons. The lowest BCUT2D eigenvalue weighted by Gasteiger charge is -2.05. The number of nitrogens with one attached hydrogen (secondary N) is 2. The molecule has 0 aliphatic carbocycles. The van der Waals surface area contributed by atoms with Gasteiger partial charge in [0.05, 0.1) is 0 Å². The van der Waals surface area contributed by atoms with Crippen molar-refractivity contribution < 1.29 is 14.0 Å². The van der Waals surface area contributed by atoms with Crippen LogP contribution < -0.4 is 10.6 Å². The SMILES string of the molecule is CNC(=O)c1cccc(CCNC(=O)C=Cc2ccc(F)cc2)c1. The third-order valence-corrected chi connectivity index (χ3v) is 3.43. The van der Waals surface area contributed by atoms with Crippen LogP contribution in [0.1, 0.15) is 21.5 Å². The summed E-state index contributed by atoms with van der Waals surface area (Å²) in [7, 11) is 1.59. The number of benzene rings is 2. The summed E-state index contributed by atoms with van der Waals surface area (Å²) in [5.74, 6) is -0.666. The topological polar surface area (TPSA) is 58.2 Å². The van der Waals surface area contributed by atoms with E-state index in [-0.39, 0.29) is 17.6 Å². The Bertz CT molecular complexity index is 739. The van der Waals surface area contributed by atoms with E-state index in [4.69, 9.17) is 0 Å². The molecule has 0 atom stereocenters. The molecule has 0 saturated carbocycles. The molecule has 2 rings (SSSR count). The van der Waals surface area contributed by atoms with Gasteiger partial charge in [-0.3, -0.25) is 9.59 Å². The fourth-order valence-electron chi connectivity index (χ4n) is 2.15. The summed E-state index contributed by atoms with van der Waals surface area (Å²) in [5, 5.41) is 5.35. The van der Waals surface area contributed by atoms with Crippen molar-refractivity contribution in [1.82, 2.24) is 10.6 Å². The molecule has 2 aromatic carbocycles. The molecule has 0 bridgehead atoms. The maximum atomic E-state index is 12.8. The Morgan fingerprint density at radius 2 is 1.88 bits per heavy atom. The smallest absolute Gasteiger partial charge is 0.251 e. The van der Waals surface area contributed by atoms with Crippen LogP contribution in [-0.4, -0.2) is 25.4 Å². The highest BCUT2D eigenvalue weighted by Gasteiger charge is 2.03. The van der Waals surface area contributed by atoms with Gasteiger partial charge in [0.1, 0.15) is 5.82 Å². The summed E-state index contributed by atoms with van der Waals surface area (Å²) < 4.78 is 12.8. The Morgan fingerprint density at radius 1 is 1.12 bits per heavy atom. The lowest BCUT2D eigenvalue weighted by molar-refractivity contribution is -0.116. The van der Waals surface area contributed by atoms with Gasteiger partial charge in [0, 0.05) is 25.2 Å². The standard InChI is InChI=1S/C19H19FN2O2/c1-21-19(24)16-4-2-3-15(13-16)11-12-22-18(23)10-7-14-5-8-17(20)9-6-14/h2-10,13H,11-12H2,1H3,(H,21,24)(H,22,23). The first-order valence-electron chi connectivity index (χ1n) is 7.61. The monoisotopic (exact) mass is 326 g/mol. The van der Waals surface area contributed by atoms with Crippen LogP contribution in [-0.2, 0) is 11.2 Å². The number of carbonyl (C=O) groups is 2. The number of amides is 2. The molecule has 4 nitrogen and oxygen atoms in total. The van der Waals surface area contributed by atoms with Gasteiger partial charge in [-0.15, -0.1) is 0 Å². The number of halogens is 1. The molecule has 0 aliphatic rings. The quantitative estimate of drug-likeness (QED) is 0.802. The van der Waals surface area contributed by atoms with Crippen molar-refractivity contribution in [3.05, 3.63) is 77.1 Å². The molecule has 0 saturated heterocycles. The lowest BCUT2D eigenvalue weighted by Crippen LogP contribution is -2.23. The average Bonchev–Trinajstić information content (AvgIpc) is 2.61. The molecule has 0 heterocycles. The van der Waals surface area contributed by atoms with E-state index < -0.39 is 0 Å². The highest BCUT2D eigenvalue weighted by atomic mass is 19.1. The summed E-state index contributed by atoms with van der Waals surface area (Å²) in [6, 6.07) is 13.2.